The summed E-state index contributed by atoms with van der Waals surface area (Å²) in [6.07, 6.45) is 5.44. The Kier molecular flexibility index (Phi) is 4.45. The Hall–Kier alpha value is 0.440. The standard InChI is InChI=1S/C12H23BrO/c1-9(7-10(2)13)8-11-5-6-12(3,4)14-11/h9-11H,5-8H2,1-4H3. The molecule has 1 fully saturated rings. The van der Waals surface area contributed by atoms with E-state index in [0.717, 1.165) is 5.92 Å². The molecule has 3 atom stereocenters. The maximum Gasteiger partial charge on any atom is 0.0631 e. The highest BCUT2D eigenvalue weighted by atomic mass is 79.9. The van der Waals surface area contributed by atoms with Gasteiger partial charge in [-0.15, -0.1) is 0 Å². The van der Waals surface area contributed by atoms with Crippen molar-refractivity contribution in [2.45, 2.75) is 69.9 Å². The topological polar surface area (TPSA) is 9.23 Å². The maximum atomic E-state index is 5.99. The Morgan fingerprint density at radius 3 is 2.50 bits per heavy atom. The summed E-state index contributed by atoms with van der Waals surface area (Å²) in [6.45, 7) is 8.94. The van der Waals surface area contributed by atoms with E-state index >= 15 is 0 Å². The number of rotatable bonds is 4. The van der Waals surface area contributed by atoms with Crippen molar-refractivity contribution in [2.75, 3.05) is 0 Å². The van der Waals surface area contributed by atoms with Gasteiger partial charge in [-0.25, -0.2) is 0 Å². The van der Waals surface area contributed by atoms with Gasteiger partial charge in [0.05, 0.1) is 11.7 Å². The molecule has 1 saturated heterocycles. The summed E-state index contributed by atoms with van der Waals surface area (Å²) in [5.41, 5.74) is 0.129. The second kappa shape index (κ2) is 4.98. The van der Waals surface area contributed by atoms with Gasteiger partial charge in [0.1, 0.15) is 0 Å². The van der Waals surface area contributed by atoms with Crippen LogP contribution in [0.4, 0.5) is 0 Å². The monoisotopic (exact) mass is 262 g/mol. The molecule has 2 heteroatoms. The summed E-state index contributed by atoms with van der Waals surface area (Å²) in [5, 5.41) is 0. The summed E-state index contributed by atoms with van der Waals surface area (Å²) < 4.78 is 5.99. The van der Waals surface area contributed by atoms with Crippen LogP contribution < -0.4 is 0 Å². The third-order valence-corrected chi connectivity index (χ3v) is 3.32. The van der Waals surface area contributed by atoms with E-state index in [1.54, 1.807) is 0 Å². The van der Waals surface area contributed by atoms with Gasteiger partial charge in [-0.1, -0.05) is 29.8 Å². The van der Waals surface area contributed by atoms with Crippen molar-refractivity contribution >= 4 is 15.9 Å². The highest BCUT2D eigenvalue weighted by Crippen LogP contribution is 2.33. The summed E-state index contributed by atoms with van der Waals surface area (Å²) >= 11 is 3.61. The first kappa shape index (κ1) is 12.5. The van der Waals surface area contributed by atoms with Crippen LogP contribution >= 0.6 is 15.9 Å². The van der Waals surface area contributed by atoms with Crippen LogP contribution in [0.3, 0.4) is 0 Å². The molecule has 0 saturated carbocycles. The molecule has 0 aliphatic carbocycles. The second-order valence-electron chi connectivity index (χ2n) is 5.40. The van der Waals surface area contributed by atoms with Gasteiger partial charge in [-0.3, -0.25) is 0 Å². The van der Waals surface area contributed by atoms with Crippen molar-refractivity contribution < 1.29 is 4.74 Å². The molecule has 3 unspecified atom stereocenters. The minimum atomic E-state index is 0.129. The van der Waals surface area contributed by atoms with Crippen LogP contribution in [0.25, 0.3) is 0 Å². The molecule has 1 aliphatic heterocycles. The minimum absolute atomic E-state index is 0.129. The van der Waals surface area contributed by atoms with Gasteiger partial charge >= 0.3 is 0 Å². The molecular formula is C12H23BrO. The Labute approximate surface area is 96.7 Å². The van der Waals surface area contributed by atoms with E-state index in [9.17, 15) is 0 Å². The summed E-state index contributed by atoms with van der Waals surface area (Å²) in [7, 11) is 0. The van der Waals surface area contributed by atoms with Gasteiger partial charge in [-0.05, 0) is 45.4 Å². The van der Waals surface area contributed by atoms with Crippen LogP contribution in [0, 0.1) is 5.92 Å². The lowest BCUT2D eigenvalue weighted by atomic mass is 9.96. The van der Waals surface area contributed by atoms with Crippen LogP contribution in [0.2, 0.25) is 0 Å². The lowest BCUT2D eigenvalue weighted by molar-refractivity contribution is -0.0239. The zero-order valence-corrected chi connectivity index (χ0v) is 11.4. The Balaban J connectivity index is 2.25. The molecule has 0 amide bonds. The van der Waals surface area contributed by atoms with Gasteiger partial charge in [0.2, 0.25) is 0 Å². The Bertz CT molecular complexity index is 177. The summed E-state index contributed by atoms with van der Waals surface area (Å²) in [5.74, 6) is 0.767. The Morgan fingerprint density at radius 2 is 2.07 bits per heavy atom. The van der Waals surface area contributed by atoms with E-state index in [1.807, 2.05) is 0 Å². The molecular weight excluding hydrogens is 240 g/mol. The van der Waals surface area contributed by atoms with Gasteiger partial charge in [-0.2, -0.15) is 0 Å². The van der Waals surface area contributed by atoms with E-state index in [4.69, 9.17) is 4.74 Å². The molecule has 1 heterocycles. The first-order valence-corrected chi connectivity index (χ1v) is 6.62. The summed E-state index contributed by atoms with van der Waals surface area (Å²) in [4.78, 5) is 0.631. The van der Waals surface area contributed by atoms with Gasteiger partial charge in [0.15, 0.2) is 0 Å². The quantitative estimate of drug-likeness (QED) is 0.692. The molecule has 0 spiro atoms. The maximum absolute atomic E-state index is 5.99. The first-order valence-electron chi connectivity index (χ1n) is 5.71. The molecule has 1 aliphatic rings. The van der Waals surface area contributed by atoms with Crippen LogP contribution in [0.5, 0.6) is 0 Å². The zero-order valence-electron chi connectivity index (χ0n) is 9.85. The molecule has 1 nitrogen and oxygen atoms in total. The van der Waals surface area contributed by atoms with E-state index in [-0.39, 0.29) is 5.60 Å². The predicted molar refractivity (Wildman–Crippen MR) is 65.0 cm³/mol. The fourth-order valence-corrected chi connectivity index (χ4v) is 2.98. The number of halogens is 1. The molecule has 0 bridgehead atoms. The third-order valence-electron chi connectivity index (χ3n) is 2.95. The third kappa shape index (κ3) is 4.31. The van der Waals surface area contributed by atoms with Crippen LogP contribution in [-0.4, -0.2) is 16.5 Å². The highest BCUT2D eigenvalue weighted by Gasteiger charge is 2.32. The van der Waals surface area contributed by atoms with Crippen molar-refractivity contribution in [1.82, 2.24) is 0 Å². The average molecular weight is 263 g/mol. The second-order valence-corrected chi connectivity index (χ2v) is 6.96. The molecule has 0 N–H and O–H groups in total. The van der Waals surface area contributed by atoms with E-state index in [1.165, 1.54) is 25.7 Å². The minimum Gasteiger partial charge on any atom is -0.372 e. The lowest BCUT2D eigenvalue weighted by Crippen LogP contribution is -2.21. The molecule has 0 radical (unpaired) electrons. The smallest absolute Gasteiger partial charge is 0.0631 e. The van der Waals surface area contributed by atoms with Gasteiger partial charge < -0.3 is 4.74 Å². The number of alkyl halides is 1. The van der Waals surface area contributed by atoms with Crippen molar-refractivity contribution in [1.29, 1.82) is 0 Å². The van der Waals surface area contributed by atoms with Crippen molar-refractivity contribution in [3.8, 4) is 0 Å². The zero-order chi connectivity index (χ0) is 10.8. The summed E-state index contributed by atoms with van der Waals surface area (Å²) in [6, 6.07) is 0. The van der Waals surface area contributed by atoms with Crippen molar-refractivity contribution in [2.24, 2.45) is 5.92 Å². The number of ether oxygens (including phenoxy) is 1. The largest absolute Gasteiger partial charge is 0.372 e. The van der Waals surface area contributed by atoms with Gasteiger partial charge in [0.25, 0.3) is 0 Å². The predicted octanol–water partition coefficient (Wildman–Crippen LogP) is 4.14. The van der Waals surface area contributed by atoms with Crippen molar-refractivity contribution in [3.63, 3.8) is 0 Å². The van der Waals surface area contributed by atoms with Crippen LogP contribution in [0.15, 0.2) is 0 Å². The van der Waals surface area contributed by atoms with Crippen LogP contribution in [0.1, 0.15) is 53.4 Å². The lowest BCUT2D eigenvalue weighted by Gasteiger charge is -2.22. The van der Waals surface area contributed by atoms with Gasteiger partial charge in [0, 0.05) is 4.83 Å². The molecule has 0 aromatic rings. The highest BCUT2D eigenvalue weighted by molar-refractivity contribution is 9.09. The SMILES string of the molecule is CC(Br)CC(C)CC1CCC(C)(C)O1. The van der Waals surface area contributed by atoms with Crippen LogP contribution in [-0.2, 0) is 4.74 Å². The van der Waals surface area contributed by atoms with E-state index < -0.39 is 0 Å². The molecule has 0 aromatic carbocycles. The molecule has 0 aromatic heterocycles. The molecule has 1 rings (SSSR count). The van der Waals surface area contributed by atoms with E-state index in [2.05, 4.69) is 43.6 Å². The molecule has 14 heavy (non-hydrogen) atoms. The number of hydrogen-bond acceptors (Lipinski definition) is 1. The average Bonchev–Trinajstić information content (AvgIpc) is 2.27. The Morgan fingerprint density at radius 1 is 1.43 bits per heavy atom. The number of hydrogen-bond donors (Lipinski definition) is 0. The van der Waals surface area contributed by atoms with E-state index in [0.29, 0.717) is 10.9 Å². The first-order chi connectivity index (χ1) is 6.39. The molecule has 84 valence electrons. The van der Waals surface area contributed by atoms with Crippen molar-refractivity contribution in [3.05, 3.63) is 0 Å². The fraction of sp³-hybridized carbons (Fsp3) is 1.00. The fourth-order valence-electron chi connectivity index (χ4n) is 2.34. The normalized spacial score (nSPS) is 30.2.